The van der Waals surface area contributed by atoms with E-state index in [1.807, 2.05) is 11.6 Å². The molecule has 1 amide bonds. The van der Waals surface area contributed by atoms with Gasteiger partial charge in [-0.1, -0.05) is 6.92 Å². The summed E-state index contributed by atoms with van der Waals surface area (Å²) in [5, 5.41) is 6.46. The van der Waals surface area contributed by atoms with Gasteiger partial charge in [0.2, 0.25) is 5.91 Å². The Labute approximate surface area is 130 Å². The number of rotatable bonds is 3. The van der Waals surface area contributed by atoms with E-state index in [4.69, 9.17) is 0 Å². The smallest absolute Gasteiger partial charge is 0.228 e. The van der Waals surface area contributed by atoms with E-state index in [0.29, 0.717) is 5.91 Å². The number of nitrogens with one attached hydrogen (secondary N) is 1. The summed E-state index contributed by atoms with van der Waals surface area (Å²) in [6.07, 6.45) is 4.77. The molecule has 0 atom stereocenters. The molecule has 0 aliphatic carbocycles. The molecule has 0 bridgehead atoms. The SMILES string of the molecule is CCC1(C(=O)N2CCN(c3nccs3)CC2)CCNCC1. The van der Waals surface area contributed by atoms with Crippen LogP contribution < -0.4 is 10.2 Å². The summed E-state index contributed by atoms with van der Waals surface area (Å²) in [5.41, 5.74) is -0.116. The van der Waals surface area contributed by atoms with Crippen LogP contribution in [0, 0.1) is 5.41 Å². The second-order valence-electron chi connectivity index (χ2n) is 5.98. The van der Waals surface area contributed by atoms with Gasteiger partial charge in [-0.3, -0.25) is 4.79 Å². The summed E-state index contributed by atoms with van der Waals surface area (Å²) >= 11 is 1.67. The second-order valence-corrected chi connectivity index (χ2v) is 6.85. The molecule has 2 fully saturated rings. The molecule has 1 aromatic heterocycles. The zero-order valence-electron chi connectivity index (χ0n) is 12.7. The van der Waals surface area contributed by atoms with Crippen LogP contribution in [-0.4, -0.2) is 55.1 Å². The molecule has 3 rings (SSSR count). The van der Waals surface area contributed by atoms with E-state index >= 15 is 0 Å². The van der Waals surface area contributed by atoms with Crippen LogP contribution >= 0.6 is 11.3 Å². The van der Waals surface area contributed by atoms with Crippen molar-refractivity contribution in [1.29, 1.82) is 0 Å². The number of carbonyl (C=O) groups is 1. The van der Waals surface area contributed by atoms with E-state index in [1.165, 1.54) is 0 Å². The molecule has 21 heavy (non-hydrogen) atoms. The van der Waals surface area contributed by atoms with E-state index < -0.39 is 0 Å². The quantitative estimate of drug-likeness (QED) is 0.921. The molecule has 3 heterocycles. The van der Waals surface area contributed by atoms with Crippen molar-refractivity contribution in [3.8, 4) is 0 Å². The molecule has 5 nitrogen and oxygen atoms in total. The number of aromatic nitrogens is 1. The van der Waals surface area contributed by atoms with Crippen molar-refractivity contribution in [3.63, 3.8) is 0 Å². The van der Waals surface area contributed by atoms with Crippen LogP contribution in [0.1, 0.15) is 26.2 Å². The van der Waals surface area contributed by atoms with Crippen molar-refractivity contribution in [2.45, 2.75) is 26.2 Å². The Hall–Kier alpha value is -1.14. The molecule has 116 valence electrons. The molecular weight excluding hydrogens is 284 g/mol. The minimum absolute atomic E-state index is 0.116. The molecule has 0 unspecified atom stereocenters. The summed E-state index contributed by atoms with van der Waals surface area (Å²) in [4.78, 5) is 21.7. The molecule has 1 aromatic rings. The number of anilines is 1. The Kier molecular flexibility index (Phi) is 4.45. The van der Waals surface area contributed by atoms with Gasteiger partial charge in [-0.15, -0.1) is 11.3 Å². The highest BCUT2D eigenvalue weighted by atomic mass is 32.1. The maximum Gasteiger partial charge on any atom is 0.228 e. The van der Waals surface area contributed by atoms with Crippen molar-refractivity contribution in [3.05, 3.63) is 11.6 Å². The van der Waals surface area contributed by atoms with Crippen LogP contribution in [0.15, 0.2) is 11.6 Å². The summed E-state index contributed by atoms with van der Waals surface area (Å²) in [5.74, 6) is 0.380. The van der Waals surface area contributed by atoms with Crippen LogP contribution in [0.3, 0.4) is 0 Å². The van der Waals surface area contributed by atoms with E-state index in [0.717, 1.165) is 63.7 Å². The van der Waals surface area contributed by atoms with Gasteiger partial charge >= 0.3 is 0 Å². The molecule has 0 spiro atoms. The van der Waals surface area contributed by atoms with Gasteiger partial charge in [0.1, 0.15) is 0 Å². The predicted molar refractivity (Wildman–Crippen MR) is 85.7 cm³/mol. The first-order valence-corrected chi connectivity index (χ1v) is 8.78. The van der Waals surface area contributed by atoms with Crippen LogP contribution in [0.5, 0.6) is 0 Å². The highest BCUT2D eigenvalue weighted by Crippen LogP contribution is 2.35. The topological polar surface area (TPSA) is 48.5 Å². The number of thiazole rings is 1. The predicted octanol–water partition coefficient (Wildman–Crippen LogP) is 1.57. The average molecular weight is 308 g/mol. The van der Waals surface area contributed by atoms with Gasteiger partial charge in [-0.05, 0) is 32.4 Å². The fourth-order valence-electron chi connectivity index (χ4n) is 3.43. The standard InChI is InChI=1S/C15H24N4OS/c1-2-15(3-5-16-6-4-15)13(20)18-8-10-19(11-9-18)14-17-7-12-21-14/h7,12,16H,2-6,8-11H2,1H3. The molecule has 2 saturated heterocycles. The van der Waals surface area contributed by atoms with E-state index in [-0.39, 0.29) is 5.41 Å². The van der Waals surface area contributed by atoms with Gasteiger partial charge < -0.3 is 15.1 Å². The number of hydrogen-bond acceptors (Lipinski definition) is 5. The minimum atomic E-state index is -0.116. The number of amides is 1. The number of carbonyl (C=O) groups excluding carboxylic acids is 1. The van der Waals surface area contributed by atoms with Crippen molar-refractivity contribution in [1.82, 2.24) is 15.2 Å². The zero-order chi connectivity index (χ0) is 14.7. The van der Waals surface area contributed by atoms with Crippen LogP contribution in [0.2, 0.25) is 0 Å². The molecule has 6 heteroatoms. The fourth-order valence-corrected chi connectivity index (χ4v) is 4.13. The van der Waals surface area contributed by atoms with Crippen molar-refractivity contribution < 1.29 is 4.79 Å². The highest BCUT2D eigenvalue weighted by Gasteiger charge is 2.41. The van der Waals surface area contributed by atoms with Crippen molar-refractivity contribution in [2.24, 2.45) is 5.41 Å². The summed E-state index contributed by atoms with van der Waals surface area (Å²) in [6.45, 7) is 7.56. The lowest BCUT2D eigenvalue weighted by atomic mass is 9.75. The lowest BCUT2D eigenvalue weighted by molar-refractivity contribution is -0.144. The van der Waals surface area contributed by atoms with E-state index in [1.54, 1.807) is 11.3 Å². The Morgan fingerprint density at radius 2 is 2.05 bits per heavy atom. The first-order valence-electron chi connectivity index (χ1n) is 7.90. The monoisotopic (exact) mass is 308 g/mol. The van der Waals surface area contributed by atoms with Crippen LogP contribution in [-0.2, 0) is 4.79 Å². The van der Waals surface area contributed by atoms with Crippen molar-refractivity contribution in [2.75, 3.05) is 44.2 Å². The van der Waals surface area contributed by atoms with Gasteiger partial charge in [0.05, 0.1) is 5.41 Å². The molecule has 0 aromatic carbocycles. The molecule has 0 saturated carbocycles. The Morgan fingerprint density at radius 1 is 1.33 bits per heavy atom. The first kappa shape index (κ1) is 14.8. The molecular formula is C15H24N4OS. The van der Waals surface area contributed by atoms with E-state index in [2.05, 4.69) is 27.0 Å². The van der Waals surface area contributed by atoms with E-state index in [9.17, 15) is 4.79 Å². The summed E-state index contributed by atoms with van der Waals surface area (Å²) < 4.78 is 0. The highest BCUT2D eigenvalue weighted by molar-refractivity contribution is 7.13. The molecule has 1 N–H and O–H groups in total. The minimum Gasteiger partial charge on any atom is -0.345 e. The van der Waals surface area contributed by atoms with Gasteiger partial charge in [-0.25, -0.2) is 4.98 Å². The lowest BCUT2D eigenvalue weighted by Gasteiger charge is -2.42. The van der Waals surface area contributed by atoms with Gasteiger partial charge in [-0.2, -0.15) is 0 Å². The Bertz CT molecular complexity index is 462. The lowest BCUT2D eigenvalue weighted by Crippen LogP contribution is -2.55. The van der Waals surface area contributed by atoms with Crippen LogP contribution in [0.4, 0.5) is 5.13 Å². The summed E-state index contributed by atoms with van der Waals surface area (Å²) in [6, 6.07) is 0. The van der Waals surface area contributed by atoms with Crippen molar-refractivity contribution >= 4 is 22.4 Å². The maximum atomic E-state index is 13.0. The first-order chi connectivity index (χ1) is 10.2. The summed E-state index contributed by atoms with van der Waals surface area (Å²) in [7, 11) is 0. The third-order valence-corrected chi connectivity index (χ3v) is 5.78. The third kappa shape index (κ3) is 2.92. The Morgan fingerprint density at radius 3 is 2.62 bits per heavy atom. The number of nitrogens with zero attached hydrogens (tertiary/aromatic N) is 3. The van der Waals surface area contributed by atoms with Gasteiger partial charge in [0.15, 0.2) is 5.13 Å². The number of hydrogen-bond donors (Lipinski definition) is 1. The molecule has 0 radical (unpaired) electrons. The third-order valence-electron chi connectivity index (χ3n) is 4.95. The number of piperidine rings is 1. The zero-order valence-corrected chi connectivity index (χ0v) is 13.5. The average Bonchev–Trinajstić information content (AvgIpc) is 3.09. The van der Waals surface area contributed by atoms with Gasteiger partial charge in [0, 0.05) is 37.8 Å². The van der Waals surface area contributed by atoms with Crippen LogP contribution in [0.25, 0.3) is 0 Å². The molecule has 2 aliphatic rings. The Balaban J connectivity index is 1.62. The second kappa shape index (κ2) is 6.32. The number of piperazine rings is 1. The normalized spacial score (nSPS) is 22.3. The van der Waals surface area contributed by atoms with Gasteiger partial charge in [0.25, 0.3) is 0 Å². The maximum absolute atomic E-state index is 13.0. The fraction of sp³-hybridized carbons (Fsp3) is 0.733. The largest absolute Gasteiger partial charge is 0.345 e. The molecule has 2 aliphatic heterocycles.